The molecule has 2 rings (SSSR count). The predicted octanol–water partition coefficient (Wildman–Crippen LogP) is 2.97. The van der Waals surface area contributed by atoms with Gasteiger partial charge in [0.25, 0.3) is 0 Å². The number of halogens is 1. The van der Waals surface area contributed by atoms with Crippen LogP contribution >= 0.6 is 11.3 Å². The SMILES string of the molecule is Cc1ncsc1CCNCCc1cccc(F)c1. The van der Waals surface area contributed by atoms with Gasteiger partial charge in [0, 0.05) is 11.4 Å². The van der Waals surface area contributed by atoms with Crippen molar-refractivity contribution in [2.75, 3.05) is 13.1 Å². The molecule has 4 heteroatoms. The maximum absolute atomic E-state index is 12.9. The second kappa shape index (κ2) is 6.61. The Kier molecular flexibility index (Phi) is 4.84. The second-order valence-electron chi connectivity index (χ2n) is 4.24. The Morgan fingerprint density at radius 1 is 1.28 bits per heavy atom. The van der Waals surface area contributed by atoms with Crippen LogP contribution in [-0.2, 0) is 12.8 Å². The molecule has 96 valence electrons. The first-order valence-electron chi connectivity index (χ1n) is 6.10. The van der Waals surface area contributed by atoms with Gasteiger partial charge in [-0.3, -0.25) is 0 Å². The Hall–Kier alpha value is -1.26. The van der Waals surface area contributed by atoms with Crippen LogP contribution in [0.3, 0.4) is 0 Å². The Labute approximate surface area is 111 Å². The quantitative estimate of drug-likeness (QED) is 0.811. The van der Waals surface area contributed by atoms with Crippen LogP contribution in [0.1, 0.15) is 16.1 Å². The van der Waals surface area contributed by atoms with Crippen molar-refractivity contribution in [3.05, 3.63) is 51.7 Å². The largest absolute Gasteiger partial charge is 0.316 e. The molecular formula is C14H17FN2S. The van der Waals surface area contributed by atoms with Crippen molar-refractivity contribution in [3.63, 3.8) is 0 Å². The fraction of sp³-hybridized carbons (Fsp3) is 0.357. The number of thiazole rings is 1. The molecular weight excluding hydrogens is 247 g/mol. The number of hydrogen-bond donors (Lipinski definition) is 1. The molecule has 1 N–H and O–H groups in total. The third-order valence-electron chi connectivity index (χ3n) is 2.85. The van der Waals surface area contributed by atoms with E-state index in [-0.39, 0.29) is 5.82 Å². The minimum absolute atomic E-state index is 0.159. The van der Waals surface area contributed by atoms with Crippen LogP contribution in [0.4, 0.5) is 4.39 Å². The summed E-state index contributed by atoms with van der Waals surface area (Å²) in [6, 6.07) is 6.78. The maximum Gasteiger partial charge on any atom is 0.123 e. The highest BCUT2D eigenvalue weighted by atomic mass is 32.1. The van der Waals surface area contributed by atoms with Crippen molar-refractivity contribution >= 4 is 11.3 Å². The molecule has 18 heavy (non-hydrogen) atoms. The first-order valence-corrected chi connectivity index (χ1v) is 6.98. The second-order valence-corrected chi connectivity index (χ2v) is 5.18. The number of nitrogens with zero attached hydrogens (tertiary/aromatic N) is 1. The van der Waals surface area contributed by atoms with Crippen LogP contribution in [0.2, 0.25) is 0 Å². The fourth-order valence-corrected chi connectivity index (χ4v) is 2.60. The lowest BCUT2D eigenvalue weighted by molar-refractivity contribution is 0.622. The lowest BCUT2D eigenvalue weighted by atomic mass is 10.1. The molecule has 2 aromatic rings. The predicted molar refractivity (Wildman–Crippen MR) is 73.5 cm³/mol. The number of benzene rings is 1. The first-order chi connectivity index (χ1) is 8.75. The molecule has 0 saturated carbocycles. The molecule has 1 aromatic heterocycles. The van der Waals surface area contributed by atoms with Crippen molar-refractivity contribution < 1.29 is 4.39 Å². The molecule has 0 spiro atoms. The summed E-state index contributed by atoms with van der Waals surface area (Å²) in [5.41, 5.74) is 4.06. The Morgan fingerprint density at radius 2 is 2.11 bits per heavy atom. The van der Waals surface area contributed by atoms with Gasteiger partial charge in [0.15, 0.2) is 0 Å². The van der Waals surface area contributed by atoms with Crippen LogP contribution in [0.15, 0.2) is 29.8 Å². The summed E-state index contributed by atoms with van der Waals surface area (Å²) in [6.07, 6.45) is 1.87. The van der Waals surface area contributed by atoms with E-state index in [0.717, 1.165) is 37.2 Å². The van der Waals surface area contributed by atoms with Gasteiger partial charge in [-0.05, 0) is 44.0 Å². The molecule has 0 aliphatic heterocycles. The zero-order valence-electron chi connectivity index (χ0n) is 10.4. The van der Waals surface area contributed by atoms with Crippen LogP contribution < -0.4 is 5.32 Å². The van der Waals surface area contributed by atoms with E-state index in [1.54, 1.807) is 23.5 Å². The topological polar surface area (TPSA) is 24.9 Å². The molecule has 0 aliphatic carbocycles. The summed E-state index contributed by atoms with van der Waals surface area (Å²) in [5, 5.41) is 3.38. The van der Waals surface area contributed by atoms with Gasteiger partial charge in [0.1, 0.15) is 5.82 Å². The van der Waals surface area contributed by atoms with Crippen molar-refractivity contribution in [3.8, 4) is 0 Å². The highest BCUT2D eigenvalue weighted by Crippen LogP contribution is 2.11. The monoisotopic (exact) mass is 264 g/mol. The van der Waals surface area contributed by atoms with Crippen molar-refractivity contribution in [2.24, 2.45) is 0 Å². The van der Waals surface area contributed by atoms with Crippen molar-refractivity contribution in [1.82, 2.24) is 10.3 Å². The molecule has 0 fully saturated rings. The zero-order chi connectivity index (χ0) is 12.8. The number of aryl methyl sites for hydroxylation is 1. The van der Waals surface area contributed by atoms with Crippen LogP contribution in [0.5, 0.6) is 0 Å². The van der Waals surface area contributed by atoms with Gasteiger partial charge < -0.3 is 5.32 Å². The minimum atomic E-state index is -0.159. The van der Waals surface area contributed by atoms with Gasteiger partial charge in [0.2, 0.25) is 0 Å². The zero-order valence-corrected chi connectivity index (χ0v) is 11.3. The molecule has 0 amide bonds. The van der Waals surface area contributed by atoms with Gasteiger partial charge in [-0.1, -0.05) is 12.1 Å². The van der Waals surface area contributed by atoms with Crippen LogP contribution in [0.25, 0.3) is 0 Å². The average Bonchev–Trinajstić information content (AvgIpc) is 2.75. The van der Waals surface area contributed by atoms with E-state index in [2.05, 4.69) is 10.3 Å². The van der Waals surface area contributed by atoms with E-state index < -0.39 is 0 Å². The maximum atomic E-state index is 12.9. The van der Waals surface area contributed by atoms with Crippen molar-refractivity contribution in [2.45, 2.75) is 19.8 Å². The summed E-state index contributed by atoms with van der Waals surface area (Å²) in [5.74, 6) is -0.159. The normalized spacial score (nSPS) is 10.8. The summed E-state index contributed by atoms with van der Waals surface area (Å²) in [7, 11) is 0. The number of nitrogens with one attached hydrogen (secondary N) is 1. The molecule has 1 aromatic carbocycles. The highest BCUT2D eigenvalue weighted by Gasteiger charge is 2.00. The van der Waals surface area contributed by atoms with E-state index in [1.807, 2.05) is 18.5 Å². The summed E-state index contributed by atoms with van der Waals surface area (Å²) < 4.78 is 12.9. The van der Waals surface area contributed by atoms with Gasteiger partial charge >= 0.3 is 0 Å². The Balaban J connectivity index is 1.66. The standard InChI is InChI=1S/C14H17FN2S/c1-11-14(18-10-17-11)6-8-16-7-5-12-3-2-4-13(15)9-12/h2-4,9-10,16H,5-8H2,1H3. The summed E-state index contributed by atoms with van der Waals surface area (Å²) in [4.78, 5) is 5.56. The third kappa shape index (κ3) is 3.89. The Bertz CT molecular complexity index is 496. The average molecular weight is 264 g/mol. The Morgan fingerprint density at radius 3 is 2.83 bits per heavy atom. The molecule has 1 heterocycles. The first kappa shape index (κ1) is 13.2. The van der Waals surface area contributed by atoms with Crippen LogP contribution in [0, 0.1) is 12.7 Å². The molecule has 0 atom stereocenters. The van der Waals surface area contributed by atoms with Gasteiger partial charge in [-0.2, -0.15) is 0 Å². The summed E-state index contributed by atoms with van der Waals surface area (Å²) >= 11 is 1.71. The molecule has 0 aliphatic rings. The summed E-state index contributed by atoms with van der Waals surface area (Å²) in [6.45, 7) is 3.86. The smallest absolute Gasteiger partial charge is 0.123 e. The molecule has 0 unspecified atom stereocenters. The van der Waals surface area contributed by atoms with E-state index in [0.29, 0.717) is 0 Å². The minimum Gasteiger partial charge on any atom is -0.316 e. The molecule has 0 bridgehead atoms. The van der Waals surface area contributed by atoms with Gasteiger partial charge in [0.05, 0.1) is 11.2 Å². The third-order valence-corrected chi connectivity index (χ3v) is 3.85. The number of hydrogen-bond acceptors (Lipinski definition) is 3. The highest BCUT2D eigenvalue weighted by molar-refractivity contribution is 7.09. The van der Waals surface area contributed by atoms with Gasteiger partial charge in [-0.15, -0.1) is 11.3 Å². The molecule has 0 saturated heterocycles. The van der Waals surface area contributed by atoms with E-state index in [1.165, 1.54) is 10.9 Å². The van der Waals surface area contributed by atoms with Crippen molar-refractivity contribution in [1.29, 1.82) is 0 Å². The van der Waals surface area contributed by atoms with Crippen LogP contribution in [-0.4, -0.2) is 18.1 Å². The van der Waals surface area contributed by atoms with E-state index >= 15 is 0 Å². The van der Waals surface area contributed by atoms with E-state index in [4.69, 9.17) is 0 Å². The number of rotatable bonds is 6. The molecule has 2 nitrogen and oxygen atoms in total. The van der Waals surface area contributed by atoms with Gasteiger partial charge in [-0.25, -0.2) is 9.37 Å². The van der Waals surface area contributed by atoms with E-state index in [9.17, 15) is 4.39 Å². The fourth-order valence-electron chi connectivity index (χ4n) is 1.82. The lowest BCUT2D eigenvalue weighted by Gasteiger charge is -2.04. The lowest BCUT2D eigenvalue weighted by Crippen LogP contribution is -2.20. The number of aromatic nitrogens is 1. The molecule has 0 radical (unpaired) electrons.